The maximum atomic E-state index is 9.56. The lowest BCUT2D eigenvalue weighted by molar-refractivity contribution is 0.379. The normalized spacial score (nSPS) is 16.6. The Labute approximate surface area is 136 Å². The Morgan fingerprint density at radius 3 is 2.74 bits per heavy atom. The van der Waals surface area contributed by atoms with Crippen molar-refractivity contribution in [2.45, 2.75) is 5.92 Å². The first-order chi connectivity index (χ1) is 11.3. The van der Waals surface area contributed by atoms with E-state index in [1.807, 2.05) is 47.8 Å². The van der Waals surface area contributed by atoms with Crippen LogP contribution in [-0.4, -0.2) is 10.2 Å². The van der Waals surface area contributed by atoms with Gasteiger partial charge in [0.15, 0.2) is 0 Å². The van der Waals surface area contributed by atoms with Crippen LogP contribution in [0.2, 0.25) is 0 Å². The van der Waals surface area contributed by atoms with Gasteiger partial charge in [-0.3, -0.25) is 5.10 Å². The number of rotatable bonds is 2. The van der Waals surface area contributed by atoms with E-state index in [0.717, 1.165) is 21.7 Å². The van der Waals surface area contributed by atoms with Crippen LogP contribution in [0, 0.1) is 11.3 Å². The minimum Gasteiger partial charge on any atom is -0.420 e. The molecular weight excluding hydrogens is 308 g/mol. The summed E-state index contributed by atoms with van der Waals surface area (Å²) in [7, 11) is 0. The van der Waals surface area contributed by atoms with Crippen LogP contribution in [-0.2, 0) is 0 Å². The summed E-state index contributed by atoms with van der Waals surface area (Å²) in [5.74, 6) is 0.279. The number of nitrogens with zero attached hydrogens (tertiary/aromatic N) is 2. The lowest BCUT2D eigenvalue weighted by Gasteiger charge is -2.22. The van der Waals surface area contributed by atoms with Gasteiger partial charge in [0, 0.05) is 4.88 Å². The first-order valence-electron chi connectivity index (χ1n) is 7.04. The van der Waals surface area contributed by atoms with Crippen LogP contribution in [0.1, 0.15) is 16.4 Å². The van der Waals surface area contributed by atoms with Crippen molar-refractivity contribution in [3.05, 3.63) is 69.7 Å². The number of hydrogen-bond donors (Lipinski definition) is 2. The lowest BCUT2D eigenvalue weighted by atomic mass is 9.87. The van der Waals surface area contributed by atoms with E-state index < -0.39 is 0 Å². The third-order valence-corrected chi connectivity index (χ3v) is 4.77. The van der Waals surface area contributed by atoms with Crippen LogP contribution in [0.5, 0.6) is 5.88 Å². The summed E-state index contributed by atoms with van der Waals surface area (Å²) in [5, 5.41) is 18.8. The minimum atomic E-state index is -0.266. The van der Waals surface area contributed by atoms with E-state index in [-0.39, 0.29) is 11.8 Å². The number of nitrogens with one attached hydrogen (secondary N) is 1. The Balaban J connectivity index is 1.96. The van der Waals surface area contributed by atoms with E-state index in [4.69, 9.17) is 10.5 Å². The van der Waals surface area contributed by atoms with Gasteiger partial charge in [-0.25, -0.2) is 0 Å². The molecule has 1 atom stereocenters. The first-order valence-corrected chi connectivity index (χ1v) is 7.92. The number of hydrogen-bond acceptors (Lipinski definition) is 5. The highest BCUT2D eigenvalue weighted by Crippen LogP contribution is 2.46. The van der Waals surface area contributed by atoms with Crippen LogP contribution in [0.15, 0.2) is 59.3 Å². The highest BCUT2D eigenvalue weighted by molar-refractivity contribution is 7.10. The van der Waals surface area contributed by atoms with Crippen molar-refractivity contribution in [3.8, 4) is 23.2 Å². The fourth-order valence-electron chi connectivity index (χ4n) is 2.81. The van der Waals surface area contributed by atoms with Gasteiger partial charge in [-0.1, -0.05) is 36.4 Å². The molecule has 5 nitrogen and oxygen atoms in total. The first kappa shape index (κ1) is 13.6. The molecule has 0 radical (unpaired) electrons. The Hall–Kier alpha value is -3.04. The number of nitrogens with two attached hydrogens (primary N) is 1. The minimum absolute atomic E-state index is 0.115. The molecule has 1 aromatic carbocycles. The van der Waals surface area contributed by atoms with E-state index in [0.29, 0.717) is 11.5 Å². The number of fused-ring (bicyclic) bond motifs is 1. The van der Waals surface area contributed by atoms with Gasteiger partial charge in [0.2, 0.25) is 11.8 Å². The zero-order valence-corrected chi connectivity index (χ0v) is 12.8. The van der Waals surface area contributed by atoms with E-state index in [1.54, 1.807) is 11.3 Å². The van der Waals surface area contributed by atoms with E-state index >= 15 is 0 Å². The standard InChI is InChI=1S/C17H12N4OS/c18-9-11-13(12-7-4-8-23-12)14-15(10-5-2-1-3-6-10)20-21-17(14)22-16(11)19/h1-8,13H,19H2,(H,20,21). The molecule has 3 N–H and O–H groups in total. The molecule has 0 saturated heterocycles. The number of benzene rings is 1. The van der Waals surface area contributed by atoms with Crippen LogP contribution < -0.4 is 10.5 Å². The summed E-state index contributed by atoms with van der Waals surface area (Å²) in [6.07, 6.45) is 0. The van der Waals surface area contributed by atoms with Gasteiger partial charge >= 0.3 is 0 Å². The van der Waals surface area contributed by atoms with Gasteiger partial charge in [-0.05, 0) is 17.0 Å². The van der Waals surface area contributed by atoms with Gasteiger partial charge in [0.25, 0.3) is 0 Å². The van der Waals surface area contributed by atoms with Gasteiger partial charge in [-0.2, -0.15) is 5.26 Å². The van der Waals surface area contributed by atoms with Crippen molar-refractivity contribution in [1.82, 2.24) is 10.2 Å². The zero-order chi connectivity index (χ0) is 15.8. The van der Waals surface area contributed by atoms with Gasteiger partial charge in [0.1, 0.15) is 11.6 Å². The predicted octanol–water partition coefficient (Wildman–Crippen LogP) is 3.36. The predicted molar refractivity (Wildman–Crippen MR) is 87.6 cm³/mol. The summed E-state index contributed by atoms with van der Waals surface area (Å²) >= 11 is 1.58. The summed E-state index contributed by atoms with van der Waals surface area (Å²) in [6.45, 7) is 0. The van der Waals surface area contributed by atoms with E-state index in [9.17, 15) is 5.26 Å². The van der Waals surface area contributed by atoms with Gasteiger partial charge < -0.3 is 10.5 Å². The van der Waals surface area contributed by atoms with Crippen molar-refractivity contribution in [1.29, 1.82) is 5.26 Å². The zero-order valence-electron chi connectivity index (χ0n) is 12.0. The summed E-state index contributed by atoms with van der Waals surface area (Å²) in [5.41, 5.74) is 9.04. The monoisotopic (exact) mass is 320 g/mol. The van der Waals surface area contributed by atoms with Crippen LogP contribution in [0.4, 0.5) is 0 Å². The van der Waals surface area contributed by atoms with Crippen LogP contribution >= 0.6 is 11.3 Å². The van der Waals surface area contributed by atoms with Crippen molar-refractivity contribution >= 4 is 11.3 Å². The largest absolute Gasteiger partial charge is 0.420 e. The fraction of sp³-hybridized carbons (Fsp3) is 0.0588. The Bertz CT molecular complexity index is 919. The number of aromatic amines is 1. The Morgan fingerprint density at radius 2 is 2.04 bits per heavy atom. The average Bonchev–Trinajstić information content (AvgIpc) is 3.24. The highest BCUT2D eigenvalue weighted by atomic mass is 32.1. The topological polar surface area (TPSA) is 87.7 Å². The maximum absolute atomic E-state index is 9.56. The lowest BCUT2D eigenvalue weighted by Crippen LogP contribution is -2.20. The van der Waals surface area contributed by atoms with Gasteiger partial charge in [0.05, 0.1) is 17.2 Å². The fourth-order valence-corrected chi connectivity index (χ4v) is 3.65. The molecule has 0 aliphatic carbocycles. The molecule has 0 saturated carbocycles. The third kappa shape index (κ3) is 2.10. The molecule has 0 fully saturated rings. The summed E-state index contributed by atoms with van der Waals surface area (Å²) < 4.78 is 5.56. The molecule has 1 aliphatic rings. The second kappa shape index (κ2) is 5.30. The quantitative estimate of drug-likeness (QED) is 0.758. The molecule has 3 aromatic rings. The molecule has 2 aromatic heterocycles. The number of nitriles is 1. The molecule has 112 valence electrons. The van der Waals surface area contributed by atoms with Crippen molar-refractivity contribution in [2.24, 2.45) is 5.73 Å². The van der Waals surface area contributed by atoms with Crippen molar-refractivity contribution < 1.29 is 4.74 Å². The van der Waals surface area contributed by atoms with E-state index in [1.165, 1.54) is 0 Å². The molecule has 3 heterocycles. The Kier molecular flexibility index (Phi) is 3.14. The SMILES string of the molecule is N#CC1=C(N)Oc2n[nH]c(-c3ccccc3)c2C1c1cccs1. The number of aromatic nitrogens is 2. The number of ether oxygens (including phenoxy) is 1. The molecule has 23 heavy (non-hydrogen) atoms. The van der Waals surface area contributed by atoms with Crippen molar-refractivity contribution in [2.75, 3.05) is 0 Å². The summed E-state index contributed by atoms with van der Waals surface area (Å²) in [4.78, 5) is 1.03. The molecule has 0 amide bonds. The second-order valence-corrected chi connectivity index (χ2v) is 6.10. The third-order valence-electron chi connectivity index (χ3n) is 3.83. The molecule has 6 heteroatoms. The molecule has 0 spiro atoms. The highest BCUT2D eigenvalue weighted by Gasteiger charge is 2.35. The number of H-pyrrole nitrogens is 1. The second-order valence-electron chi connectivity index (χ2n) is 5.12. The average molecular weight is 320 g/mol. The molecule has 0 bridgehead atoms. The number of thiophene rings is 1. The molecule has 1 aliphatic heterocycles. The maximum Gasteiger partial charge on any atom is 0.244 e. The van der Waals surface area contributed by atoms with Gasteiger partial charge in [-0.15, -0.1) is 16.4 Å². The summed E-state index contributed by atoms with van der Waals surface area (Å²) in [6, 6.07) is 16.0. The number of allylic oxidation sites excluding steroid dienone is 1. The molecule has 1 unspecified atom stereocenters. The van der Waals surface area contributed by atoms with Crippen LogP contribution in [0.3, 0.4) is 0 Å². The Morgan fingerprint density at radius 1 is 1.22 bits per heavy atom. The smallest absolute Gasteiger partial charge is 0.244 e. The molecule has 4 rings (SSSR count). The van der Waals surface area contributed by atoms with Crippen LogP contribution in [0.25, 0.3) is 11.3 Å². The molecular formula is C17H12N4OS. The van der Waals surface area contributed by atoms with E-state index in [2.05, 4.69) is 16.3 Å². The van der Waals surface area contributed by atoms with Crippen molar-refractivity contribution in [3.63, 3.8) is 0 Å².